The summed E-state index contributed by atoms with van der Waals surface area (Å²) in [5, 5.41) is 2.80. The smallest absolute Gasteiger partial charge is 0.244 e. The number of rotatable bonds is 6. The van der Waals surface area contributed by atoms with E-state index >= 15 is 0 Å². The molecule has 0 radical (unpaired) electrons. The molecule has 0 spiro atoms. The zero-order chi connectivity index (χ0) is 18.6. The van der Waals surface area contributed by atoms with Crippen molar-refractivity contribution in [2.45, 2.75) is 13.3 Å². The van der Waals surface area contributed by atoms with Crippen molar-refractivity contribution in [2.75, 3.05) is 12.0 Å². The minimum absolute atomic E-state index is 0.137. The van der Waals surface area contributed by atoms with Gasteiger partial charge in [0.25, 0.3) is 0 Å². The van der Waals surface area contributed by atoms with E-state index < -0.39 is 0 Å². The van der Waals surface area contributed by atoms with Gasteiger partial charge in [0, 0.05) is 10.9 Å². The van der Waals surface area contributed by atoms with Gasteiger partial charge in [0.15, 0.2) is 0 Å². The molecule has 0 aliphatic rings. The molecule has 4 aromatic rings. The average molecular weight is 378 g/mol. The fourth-order valence-electron chi connectivity index (χ4n) is 2.77. The Balaban J connectivity index is 1.43. The molecule has 2 aromatic carbocycles. The molecule has 1 N–H and O–H groups in total. The molecule has 1 amide bonds. The number of benzene rings is 2. The Hall–Kier alpha value is -3.19. The van der Waals surface area contributed by atoms with Crippen molar-refractivity contribution in [3.05, 3.63) is 65.9 Å². The molecule has 0 unspecified atom stereocenters. The van der Waals surface area contributed by atoms with Gasteiger partial charge in [-0.15, -0.1) is 11.3 Å². The van der Waals surface area contributed by atoms with Gasteiger partial charge in [-0.2, -0.15) is 0 Å². The minimum Gasteiger partial charge on any atom is -0.494 e. The molecule has 136 valence electrons. The first-order valence-corrected chi connectivity index (χ1v) is 9.50. The maximum atomic E-state index is 12.4. The number of aromatic nitrogens is 3. The van der Waals surface area contributed by atoms with E-state index in [1.54, 1.807) is 11.0 Å². The second kappa shape index (κ2) is 7.59. The Kier molecular flexibility index (Phi) is 4.84. The second-order valence-electron chi connectivity index (χ2n) is 5.92. The first kappa shape index (κ1) is 17.2. The Morgan fingerprint density at radius 1 is 1.19 bits per heavy atom. The summed E-state index contributed by atoms with van der Waals surface area (Å²) in [4.78, 5) is 21.2. The number of ether oxygens (including phenoxy) is 1. The van der Waals surface area contributed by atoms with Crippen LogP contribution < -0.4 is 10.2 Å². The summed E-state index contributed by atoms with van der Waals surface area (Å²) in [5.41, 5.74) is 6.30. The lowest BCUT2D eigenvalue weighted by Gasteiger charge is -2.05. The molecule has 0 atom stereocenters. The average Bonchev–Trinajstić information content (AvgIpc) is 3.30. The number of nitrogens with one attached hydrogen (secondary N) is 1. The van der Waals surface area contributed by atoms with Crippen molar-refractivity contribution >= 4 is 28.3 Å². The topological polar surface area (TPSA) is 69.0 Å². The van der Waals surface area contributed by atoms with Crippen LogP contribution in [0.15, 0.2) is 60.2 Å². The van der Waals surface area contributed by atoms with Crippen LogP contribution in [-0.4, -0.2) is 27.2 Å². The molecule has 0 saturated heterocycles. The van der Waals surface area contributed by atoms with Gasteiger partial charge < -0.3 is 4.74 Å². The van der Waals surface area contributed by atoms with Crippen LogP contribution in [0.4, 0.5) is 0 Å². The number of para-hydroxylation sites is 2. The first-order valence-electron chi connectivity index (χ1n) is 8.62. The highest BCUT2D eigenvalue weighted by Crippen LogP contribution is 2.26. The fourth-order valence-corrected chi connectivity index (χ4v) is 3.59. The quantitative estimate of drug-likeness (QED) is 0.553. The maximum Gasteiger partial charge on any atom is 0.244 e. The van der Waals surface area contributed by atoms with Crippen LogP contribution in [0, 0.1) is 0 Å². The minimum atomic E-state index is -0.137. The highest BCUT2D eigenvalue weighted by Gasteiger charge is 2.11. The predicted molar refractivity (Wildman–Crippen MR) is 107 cm³/mol. The van der Waals surface area contributed by atoms with Crippen LogP contribution in [0.1, 0.15) is 12.6 Å². The van der Waals surface area contributed by atoms with E-state index in [9.17, 15) is 4.79 Å². The summed E-state index contributed by atoms with van der Waals surface area (Å²) in [7, 11) is 0. The number of imidazole rings is 1. The summed E-state index contributed by atoms with van der Waals surface area (Å²) >= 11 is 1.52. The Morgan fingerprint density at radius 3 is 2.81 bits per heavy atom. The fraction of sp³-hybridized carbons (Fsp3) is 0.150. The monoisotopic (exact) mass is 378 g/mol. The van der Waals surface area contributed by atoms with Gasteiger partial charge >= 0.3 is 0 Å². The second-order valence-corrected chi connectivity index (χ2v) is 6.77. The molecular formula is C20H18N4O2S. The number of hydrogen-bond donors (Lipinski definition) is 1. The zero-order valence-corrected chi connectivity index (χ0v) is 15.6. The normalized spacial score (nSPS) is 10.9. The van der Waals surface area contributed by atoms with Crippen LogP contribution in [0.25, 0.3) is 21.6 Å². The molecule has 27 heavy (non-hydrogen) atoms. The Labute approximate surface area is 160 Å². The zero-order valence-electron chi connectivity index (χ0n) is 14.8. The third-order valence-corrected chi connectivity index (χ3v) is 4.94. The van der Waals surface area contributed by atoms with E-state index in [1.165, 1.54) is 11.3 Å². The van der Waals surface area contributed by atoms with Gasteiger partial charge in [-0.05, 0) is 43.3 Å². The number of hydrogen-bond acceptors (Lipinski definition) is 5. The van der Waals surface area contributed by atoms with Gasteiger partial charge in [-0.25, -0.2) is 14.6 Å². The number of nitrogens with zero attached hydrogens (tertiary/aromatic N) is 3. The van der Waals surface area contributed by atoms with Gasteiger partial charge in [-0.1, -0.05) is 12.1 Å². The Morgan fingerprint density at radius 2 is 2.00 bits per heavy atom. The van der Waals surface area contributed by atoms with Gasteiger partial charge in [-0.3, -0.25) is 10.2 Å². The molecule has 6 nitrogen and oxygen atoms in total. The van der Waals surface area contributed by atoms with Crippen LogP contribution in [0.3, 0.4) is 0 Å². The molecule has 4 rings (SSSR count). The lowest BCUT2D eigenvalue weighted by molar-refractivity contribution is -0.116. The van der Waals surface area contributed by atoms with E-state index in [-0.39, 0.29) is 12.3 Å². The molecule has 0 aliphatic heterocycles. The van der Waals surface area contributed by atoms with Gasteiger partial charge in [0.2, 0.25) is 5.91 Å². The highest BCUT2D eigenvalue weighted by atomic mass is 32.1. The third-order valence-electron chi connectivity index (χ3n) is 4.00. The van der Waals surface area contributed by atoms with E-state index in [1.807, 2.05) is 60.8 Å². The SMILES string of the molecule is CCOc1ccc(-c2nc(CC(=O)Nn3cnc4ccccc43)cs2)cc1. The molecule has 0 aliphatic carbocycles. The number of amides is 1. The number of thiazole rings is 1. The molecule has 2 heterocycles. The molecular weight excluding hydrogens is 360 g/mol. The van der Waals surface area contributed by atoms with Crippen molar-refractivity contribution < 1.29 is 9.53 Å². The van der Waals surface area contributed by atoms with Crippen LogP contribution in [-0.2, 0) is 11.2 Å². The van der Waals surface area contributed by atoms with Crippen LogP contribution >= 0.6 is 11.3 Å². The van der Waals surface area contributed by atoms with E-state index in [0.29, 0.717) is 6.61 Å². The number of carbonyl (C=O) groups is 1. The summed E-state index contributed by atoms with van der Waals surface area (Å²) in [6, 6.07) is 15.5. The summed E-state index contributed by atoms with van der Waals surface area (Å²) < 4.78 is 7.09. The lowest BCUT2D eigenvalue weighted by Crippen LogP contribution is -2.23. The highest BCUT2D eigenvalue weighted by molar-refractivity contribution is 7.13. The summed E-state index contributed by atoms with van der Waals surface area (Å²) in [6.07, 6.45) is 1.81. The molecule has 0 bridgehead atoms. The standard InChI is InChI=1S/C20H18N4O2S/c1-2-26-16-9-7-14(8-10-16)20-22-15(12-27-20)11-19(25)23-24-13-21-17-5-3-4-6-18(17)24/h3-10,12-13H,2,11H2,1H3,(H,23,25). The van der Waals surface area contributed by atoms with E-state index in [0.717, 1.165) is 33.0 Å². The molecule has 7 heteroatoms. The maximum absolute atomic E-state index is 12.4. The van der Waals surface area contributed by atoms with Crippen LogP contribution in [0.5, 0.6) is 5.75 Å². The van der Waals surface area contributed by atoms with Crippen LogP contribution in [0.2, 0.25) is 0 Å². The van der Waals surface area contributed by atoms with Gasteiger partial charge in [0.05, 0.1) is 29.8 Å². The Bertz CT molecular complexity index is 1070. The van der Waals surface area contributed by atoms with Gasteiger partial charge in [0.1, 0.15) is 17.1 Å². The summed E-state index contributed by atoms with van der Waals surface area (Å²) in [6.45, 7) is 2.60. The van der Waals surface area contributed by atoms with Crippen molar-refractivity contribution in [3.63, 3.8) is 0 Å². The molecule has 0 fully saturated rings. The number of carbonyl (C=O) groups excluding carboxylic acids is 1. The lowest BCUT2D eigenvalue weighted by atomic mass is 10.2. The summed E-state index contributed by atoms with van der Waals surface area (Å²) in [5.74, 6) is 0.701. The predicted octanol–water partition coefficient (Wildman–Crippen LogP) is 3.87. The van der Waals surface area contributed by atoms with Crippen molar-refractivity contribution in [3.8, 4) is 16.3 Å². The third kappa shape index (κ3) is 3.83. The van der Waals surface area contributed by atoms with Crippen molar-refractivity contribution in [1.29, 1.82) is 0 Å². The molecule has 0 saturated carbocycles. The van der Waals surface area contributed by atoms with E-state index in [2.05, 4.69) is 15.4 Å². The van der Waals surface area contributed by atoms with Crippen molar-refractivity contribution in [1.82, 2.24) is 14.6 Å². The first-order chi connectivity index (χ1) is 13.2. The van der Waals surface area contributed by atoms with Crippen molar-refractivity contribution in [2.24, 2.45) is 0 Å². The largest absolute Gasteiger partial charge is 0.494 e. The molecule has 2 aromatic heterocycles. The number of fused-ring (bicyclic) bond motifs is 1. The van der Waals surface area contributed by atoms with E-state index in [4.69, 9.17) is 4.74 Å².